The van der Waals surface area contributed by atoms with E-state index in [-0.39, 0.29) is 0 Å². The Morgan fingerprint density at radius 2 is 2.21 bits per heavy atom. The van der Waals surface area contributed by atoms with Crippen molar-refractivity contribution in [2.75, 3.05) is 19.6 Å². The van der Waals surface area contributed by atoms with E-state index in [9.17, 15) is 0 Å². The minimum Gasteiger partial charge on any atom is -0.372 e. The molecule has 2 unspecified atom stereocenters. The van der Waals surface area contributed by atoms with E-state index in [0.29, 0.717) is 12.2 Å². The van der Waals surface area contributed by atoms with E-state index in [0.717, 1.165) is 30.0 Å². The molecule has 0 N–H and O–H groups in total. The van der Waals surface area contributed by atoms with Crippen molar-refractivity contribution in [3.05, 3.63) is 11.1 Å². The Morgan fingerprint density at radius 3 is 2.79 bits per heavy atom. The molecule has 2 aliphatic rings. The summed E-state index contributed by atoms with van der Waals surface area (Å²) >= 11 is 3.43. The Kier molecular flexibility index (Phi) is 3.30. The fourth-order valence-corrected chi connectivity index (χ4v) is 2.53. The maximum atomic E-state index is 5.94. The summed E-state index contributed by atoms with van der Waals surface area (Å²) in [5.41, 5.74) is 0. The van der Waals surface area contributed by atoms with Crippen molar-refractivity contribution < 1.29 is 4.74 Å². The summed E-state index contributed by atoms with van der Waals surface area (Å²) in [6.07, 6.45) is 3.58. The van der Waals surface area contributed by atoms with Crippen molar-refractivity contribution in [2.24, 2.45) is 5.92 Å². The third-order valence-corrected chi connectivity index (χ3v) is 3.15. The predicted molar refractivity (Wildman–Crippen MR) is 61.6 cm³/mol. The summed E-state index contributed by atoms with van der Waals surface area (Å²) in [5, 5.41) is 0. The summed E-state index contributed by atoms with van der Waals surface area (Å²) in [4.78, 5) is 2.44. The molecule has 14 heavy (non-hydrogen) atoms. The highest BCUT2D eigenvalue weighted by Gasteiger charge is 2.37. The number of rotatable bonds is 3. The van der Waals surface area contributed by atoms with Crippen molar-refractivity contribution in [2.45, 2.75) is 32.0 Å². The SMILES string of the molecule is C=C(Br)CN1CC(C)OC(C2CC2)C1. The molecule has 0 bridgehead atoms. The van der Waals surface area contributed by atoms with Gasteiger partial charge in [0.15, 0.2) is 0 Å². The zero-order valence-electron chi connectivity index (χ0n) is 8.71. The van der Waals surface area contributed by atoms with Crippen LogP contribution in [0.2, 0.25) is 0 Å². The lowest BCUT2D eigenvalue weighted by molar-refractivity contribution is -0.0829. The molecule has 1 heterocycles. The van der Waals surface area contributed by atoms with Gasteiger partial charge < -0.3 is 4.74 Å². The van der Waals surface area contributed by atoms with Crippen molar-refractivity contribution >= 4 is 15.9 Å². The Hall–Kier alpha value is 0.140. The van der Waals surface area contributed by atoms with Crippen molar-refractivity contribution in [3.63, 3.8) is 0 Å². The Bertz CT molecular complexity index is 227. The van der Waals surface area contributed by atoms with Gasteiger partial charge in [0.25, 0.3) is 0 Å². The van der Waals surface area contributed by atoms with Crippen molar-refractivity contribution in [3.8, 4) is 0 Å². The largest absolute Gasteiger partial charge is 0.372 e. The maximum absolute atomic E-state index is 5.94. The summed E-state index contributed by atoms with van der Waals surface area (Å²) in [6.45, 7) is 9.13. The van der Waals surface area contributed by atoms with Gasteiger partial charge in [0.2, 0.25) is 0 Å². The molecule has 0 aromatic heterocycles. The molecular formula is C11H18BrNO. The van der Waals surface area contributed by atoms with Gasteiger partial charge in [0.1, 0.15) is 0 Å². The number of hydrogen-bond acceptors (Lipinski definition) is 2. The van der Waals surface area contributed by atoms with Crippen LogP contribution in [0.1, 0.15) is 19.8 Å². The van der Waals surface area contributed by atoms with E-state index >= 15 is 0 Å². The second-order valence-electron chi connectivity index (χ2n) is 4.53. The highest BCUT2D eigenvalue weighted by Crippen LogP contribution is 2.36. The number of halogens is 1. The Morgan fingerprint density at radius 1 is 1.50 bits per heavy atom. The second kappa shape index (κ2) is 4.33. The van der Waals surface area contributed by atoms with Gasteiger partial charge >= 0.3 is 0 Å². The lowest BCUT2D eigenvalue weighted by Gasteiger charge is -2.36. The molecule has 3 heteroatoms. The van der Waals surface area contributed by atoms with Gasteiger partial charge in [-0.05, 0) is 25.7 Å². The van der Waals surface area contributed by atoms with E-state index < -0.39 is 0 Å². The van der Waals surface area contributed by atoms with Gasteiger partial charge in [-0.3, -0.25) is 4.90 Å². The first-order valence-corrected chi connectivity index (χ1v) is 6.15. The zero-order chi connectivity index (χ0) is 10.1. The zero-order valence-corrected chi connectivity index (χ0v) is 10.3. The number of morpholine rings is 1. The summed E-state index contributed by atoms with van der Waals surface area (Å²) in [6, 6.07) is 0. The van der Waals surface area contributed by atoms with E-state index in [2.05, 4.69) is 34.3 Å². The highest BCUT2D eigenvalue weighted by atomic mass is 79.9. The van der Waals surface area contributed by atoms with E-state index in [1.54, 1.807) is 0 Å². The van der Waals surface area contributed by atoms with Gasteiger partial charge in [0.05, 0.1) is 12.2 Å². The predicted octanol–water partition coefficient (Wildman–Crippen LogP) is 2.39. The molecule has 0 aromatic carbocycles. The van der Waals surface area contributed by atoms with Gasteiger partial charge in [-0.2, -0.15) is 0 Å². The first kappa shape index (κ1) is 10.7. The van der Waals surface area contributed by atoms with E-state index in [4.69, 9.17) is 4.74 Å². The van der Waals surface area contributed by atoms with E-state index in [1.165, 1.54) is 12.8 Å². The first-order chi connectivity index (χ1) is 6.65. The topological polar surface area (TPSA) is 12.5 Å². The summed E-state index contributed by atoms with van der Waals surface area (Å²) in [7, 11) is 0. The van der Waals surface area contributed by atoms with Crippen LogP contribution in [0.3, 0.4) is 0 Å². The normalized spacial score (nSPS) is 34.4. The lowest BCUT2D eigenvalue weighted by atomic mass is 10.1. The molecule has 0 radical (unpaired) electrons. The maximum Gasteiger partial charge on any atom is 0.0734 e. The van der Waals surface area contributed by atoms with Crippen LogP contribution >= 0.6 is 15.9 Å². The minimum absolute atomic E-state index is 0.376. The molecule has 0 aromatic rings. The van der Waals surface area contributed by atoms with Gasteiger partial charge in [-0.25, -0.2) is 0 Å². The fraction of sp³-hybridized carbons (Fsp3) is 0.818. The monoisotopic (exact) mass is 259 g/mol. The van der Waals surface area contributed by atoms with Crippen LogP contribution < -0.4 is 0 Å². The first-order valence-electron chi connectivity index (χ1n) is 5.36. The molecule has 1 aliphatic heterocycles. The Labute approximate surface area is 94.4 Å². The van der Waals surface area contributed by atoms with Crippen LogP contribution in [0.4, 0.5) is 0 Å². The van der Waals surface area contributed by atoms with Crippen LogP contribution in [-0.2, 0) is 4.74 Å². The molecule has 1 saturated heterocycles. The van der Waals surface area contributed by atoms with Crippen molar-refractivity contribution in [1.82, 2.24) is 4.90 Å². The highest BCUT2D eigenvalue weighted by molar-refractivity contribution is 9.11. The smallest absolute Gasteiger partial charge is 0.0734 e. The quantitative estimate of drug-likeness (QED) is 0.772. The average molecular weight is 260 g/mol. The third kappa shape index (κ3) is 2.81. The van der Waals surface area contributed by atoms with Crippen LogP contribution in [0.5, 0.6) is 0 Å². The van der Waals surface area contributed by atoms with Crippen LogP contribution in [0.15, 0.2) is 11.1 Å². The Balaban J connectivity index is 1.88. The molecule has 80 valence electrons. The molecule has 2 fully saturated rings. The molecule has 0 spiro atoms. The molecule has 2 nitrogen and oxygen atoms in total. The van der Waals surface area contributed by atoms with Gasteiger partial charge in [-0.1, -0.05) is 22.5 Å². The van der Waals surface area contributed by atoms with Crippen LogP contribution in [-0.4, -0.2) is 36.7 Å². The van der Waals surface area contributed by atoms with Crippen LogP contribution in [0, 0.1) is 5.92 Å². The van der Waals surface area contributed by atoms with E-state index in [1.807, 2.05) is 0 Å². The molecule has 2 rings (SSSR count). The summed E-state index contributed by atoms with van der Waals surface area (Å²) in [5.74, 6) is 0.837. The van der Waals surface area contributed by atoms with Crippen molar-refractivity contribution in [1.29, 1.82) is 0 Å². The molecule has 1 aliphatic carbocycles. The standard InChI is InChI=1S/C11H18BrNO/c1-8(12)5-13-6-9(2)14-11(7-13)10-3-4-10/h9-11H,1,3-7H2,2H3. The average Bonchev–Trinajstić information content (AvgIpc) is 2.82. The number of nitrogens with zero attached hydrogens (tertiary/aromatic N) is 1. The van der Waals surface area contributed by atoms with Gasteiger partial charge in [0, 0.05) is 24.1 Å². The molecule has 2 atom stereocenters. The summed E-state index contributed by atoms with van der Waals surface area (Å²) < 4.78 is 7.01. The van der Waals surface area contributed by atoms with Gasteiger partial charge in [-0.15, -0.1) is 0 Å². The minimum atomic E-state index is 0.376. The number of ether oxygens (including phenoxy) is 1. The molecule has 0 amide bonds. The van der Waals surface area contributed by atoms with Crippen LogP contribution in [0.25, 0.3) is 0 Å². The molecule has 1 saturated carbocycles. The fourth-order valence-electron chi connectivity index (χ4n) is 2.18. The molecular weight excluding hydrogens is 242 g/mol. The second-order valence-corrected chi connectivity index (χ2v) is 5.66. The number of hydrogen-bond donors (Lipinski definition) is 0. The third-order valence-electron chi connectivity index (χ3n) is 2.90. The lowest BCUT2D eigenvalue weighted by Crippen LogP contribution is -2.47.